The van der Waals surface area contributed by atoms with Gasteiger partial charge >= 0.3 is 5.69 Å². The smallest absolute Gasteiger partial charge is 0.329 e. The van der Waals surface area contributed by atoms with Crippen molar-refractivity contribution in [3.8, 4) is 0 Å². The highest BCUT2D eigenvalue weighted by Crippen LogP contribution is 2.34. The minimum Gasteiger partial charge on any atom is -0.329 e. The molecule has 0 aliphatic carbocycles. The van der Waals surface area contributed by atoms with Crippen LogP contribution in [-0.2, 0) is 6.54 Å². The number of hydrogen-bond donors (Lipinski definition) is 2. The zero-order chi connectivity index (χ0) is 13.8. The molecule has 0 spiro atoms. The van der Waals surface area contributed by atoms with Crippen molar-refractivity contribution in [3.05, 3.63) is 45.9 Å². The summed E-state index contributed by atoms with van der Waals surface area (Å²) in [6.07, 6.45) is 0. The Balaban J connectivity index is 2.29. The van der Waals surface area contributed by atoms with Gasteiger partial charge in [-0.05, 0) is 25.0 Å². The number of thioether (sulfide) groups is 1. The third-order valence-electron chi connectivity index (χ3n) is 3.04. The summed E-state index contributed by atoms with van der Waals surface area (Å²) in [5.74, 6) is 0. The fourth-order valence-electron chi connectivity index (χ4n) is 1.99. The van der Waals surface area contributed by atoms with E-state index in [-0.39, 0.29) is 10.9 Å². The van der Waals surface area contributed by atoms with Crippen molar-refractivity contribution in [2.45, 2.75) is 30.8 Å². The number of nitrogens with one attached hydrogen (secondary N) is 1. The second-order valence-corrected chi connectivity index (χ2v) is 5.42. The van der Waals surface area contributed by atoms with E-state index in [4.69, 9.17) is 5.73 Å². The summed E-state index contributed by atoms with van der Waals surface area (Å²) in [7, 11) is 0. The van der Waals surface area contributed by atoms with Gasteiger partial charge < -0.3 is 5.73 Å². The van der Waals surface area contributed by atoms with Gasteiger partial charge in [0.05, 0.1) is 0 Å². The summed E-state index contributed by atoms with van der Waals surface area (Å²) in [5.41, 5.74) is 8.09. The Labute approximate surface area is 116 Å². The number of nitrogens with two attached hydrogens (primary N) is 1. The molecule has 0 saturated carbocycles. The van der Waals surface area contributed by atoms with Crippen LogP contribution < -0.4 is 11.4 Å². The Morgan fingerprint density at radius 1 is 1.47 bits per heavy atom. The highest BCUT2D eigenvalue weighted by Gasteiger charge is 2.17. The molecule has 1 aromatic carbocycles. The lowest BCUT2D eigenvalue weighted by Crippen LogP contribution is -2.17. The molecule has 0 fully saturated rings. The summed E-state index contributed by atoms with van der Waals surface area (Å²) in [5, 5.41) is 7.33. The summed E-state index contributed by atoms with van der Waals surface area (Å²) < 4.78 is 1.62. The fraction of sp³-hybridized carbons (Fsp3) is 0.385. The average molecular weight is 278 g/mol. The Bertz CT molecular complexity index is 605. The molecule has 1 heterocycles. The summed E-state index contributed by atoms with van der Waals surface area (Å²) in [6.45, 7) is 5.09. The summed E-state index contributed by atoms with van der Waals surface area (Å²) >= 11 is 1.52. The van der Waals surface area contributed by atoms with Crippen LogP contribution in [-0.4, -0.2) is 21.3 Å². The number of aromatic nitrogens is 3. The lowest BCUT2D eigenvalue weighted by Gasteiger charge is -2.16. The van der Waals surface area contributed by atoms with Gasteiger partial charge in [0.2, 0.25) is 0 Å². The molecular weight excluding hydrogens is 260 g/mol. The normalized spacial score (nSPS) is 12.6. The fourth-order valence-corrected chi connectivity index (χ4v) is 3.17. The van der Waals surface area contributed by atoms with Gasteiger partial charge in [-0.15, -0.1) is 5.10 Å². The van der Waals surface area contributed by atoms with E-state index >= 15 is 0 Å². The van der Waals surface area contributed by atoms with Crippen LogP contribution in [0.25, 0.3) is 0 Å². The van der Waals surface area contributed by atoms with Crippen LogP contribution in [0.3, 0.4) is 0 Å². The summed E-state index contributed by atoms with van der Waals surface area (Å²) in [4.78, 5) is 11.5. The van der Waals surface area contributed by atoms with Crippen LogP contribution in [0.15, 0.2) is 34.2 Å². The minimum atomic E-state index is -0.175. The summed E-state index contributed by atoms with van der Waals surface area (Å²) in [6, 6.07) is 8.15. The average Bonchev–Trinajstić information content (AvgIpc) is 2.77. The number of nitrogens with zero attached hydrogens (tertiary/aromatic N) is 2. The first-order chi connectivity index (χ1) is 9.17. The van der Waals surface area contributed by atoms with E-state index in [1.165, 1.54) is 22.9 Å². The first kappa shape index (κ1) is 13.9. The number of hydrogen-bond acceptors (Lipinski definition) is 4. The maximum Gasteiger partial charge on any atom is 0.343 e. The van der Waals surface area contributed by atoms with Gasteiger partial charge in [-0.2, -0.15) is 0 Å². The molecule has 0 radical (unpaired) electrons. The lowest BCUT2D eigenvalue weighted by atomic mass is 10.1. The zero-order valence-electron chi connectivity index (χ0n) is 11.1. The van der Waals surface area contributed by atoms with Gasteiger partial charge in [0.15, 0.2) is 5.16 Å². The van der Waals surface area contributed by atoms with Crippen molar-refractivity contribution in [1.82, 2.24) is 14.8 Å². The molecule has 0 amide bonds. The number of aromatic amines is 1. The van der Waals surface area contributed by atoms with Crippen molar-refractivity contribution in [3.63, 3.8) is 0 Å². The van der Waals surface area contributed by atoms with Crippen LogP contribution in [0.1, 0.15) is 23.3 Å². The molecule has 3 N–H and O–H groups in total. The topological polar surface area (TPSA) is 76.7 Å². The molecule has 1 unspecified atom stereocenters. The predicted octanol–water partition coefficient (Wildman–Crippen LogP) is 1.69. The number of benzene rings is 1. The zero-order valence-corrected chi connectivity index (χ0v) is 11.9. The van der Waals surface area contributed by atoms with Crippen LogP contribution in [0, 0.1) is 6.92 Å². The monoisotopic (exact) mass is 278 g/mol. The van der Waals surface area contributed by atoms with Crippen LogP contribution in [0.5, 0.6) is 0 Å². The molecule has 0 aliphatic rings. The molecule has 6 heteroatoms. The Morgan fingerprint density at radius 2 is 2.21 bits per heavy atom. The van der Waals surface area contributed by atoms with Crippen LogP contribution in [0.2, 0.25) is 0 Å². The van der Waals surface area contributed by atoms with E-state index in [2.05, 4.69) is 29.3 Å². The third kappa shape index (κ3) is 2.90. The number of H-pyrrole nitrogens is 1. The molecule has 2 aromatic rings. The quantitative estimate of drug-likeness (QED) is 0.816. The van der Waals surface area contributed by atoms with Crippen molar-refractivity contribution in [2.24, 2.45) is 5.73 Å². The van der Waals surface area contributed by atoms with Crippen LogP contribution >= 0.6 is 11.8 Å². The SMILES string of the molecule is CCn1c(SC(CN)c2ccccc2C)n[nH]c1=O. The van der Waals surface area contributed by atoms with E-state index in [0.717, 1.165) is 0 Å². The van der Waals surface area contributed by atoms with E-state index in [1.807, 2.05) is 19.1 Å². The number of aryl methyl sites for hydroxylation is 1. The highest BCUT2D eigenvalue weighted by molar-refractivity contribution is 7.99. The van der Waals surface area contributed by atoms with Gasteiger partial charge in [-0.3, -0.25) is 4.57 Å². The highest BCUT2D eigenvalue weighted by atomic mass is 32.2. The van der Waals surface area contributed by atoms with Crippen molar-refractivity contribution in [1.29, 1.82) is 0 Å². The van der Waals surface area contributed by atoms with Crippen LogP contribution in [0.4, 0.5) is 0 Å². The third-order valence-corrected chi connectivity index (χ3v) is 4.29. The standard InChI is InChI=1S/C13H18N4OS/c1-3-17-12(18)15-16-13(17)19-11(8-14)10-7-5-4-6-9(10)2/h4-7,11H,3,8,14H2,1-2H3,(H,15,18). The molecule has 5 nitrogen and oxygen atoms in total. The van der Waals surface area contributed by atoms with Gasteiger partial charge in [0.1, 0.15) is 0 Å². The second kappa shape index (κ2) is 6.08. The van der Waals surface area contributed by atoms with E-state index < -0.39 is 0 Å². The molecular formula is C13H18N4OS. The maximum absolute atomic E-state index is 11.5. The van der Waals surface area contributed by atoms with Gasteiger partial charge in [0, 0.05) is 18.3 Å². The van der Waals surface area contributed by atoms with E-state index in [9.17, 15) is 4.79 Å². The Morgan fingerprint density at radius 3 is 2.84 bits per heavy atom. The van der Waals surface area contributed by atoms with Gasteiger partial charge in [-0.1, -0.05) is 36.0 Å². The molecule has 0 bridgehead atoms. The number of rotatable bonds is 5. The molecule has 0 saturated heterocycles. The Kier molecular flexibility index (Phi) is 4.44. The largest absolute Gasteiger partial charge is 0.343 e. The lowest BCUT2D eigenvalue weighted by molar-refractivity contribution is 0.658. The first-order valence-electron chi connectivity index (χ1n) is 6.24. The molecule has 0 aliphatic heterocycles. The first-order valence-corrected chi connectivity index (χ1v) is 7.12. The molecule has 19 heavy (non-hydrogen) atoms. The minimum absolute atomic E-state index is 0.0988. The van der Waals surface area contributed by atoms with E-state index in [0.29, 0.717) is 18.2 Å². The van der Waals surface area contributed by atoms with Crippen molar-refractivity contribution < 1.29 is 0 Å². The second-order valence-electron chi connectivity index (χ2n) is 4.25. The predicted molar refractivity (Wildman–Crippen MR) is 77.4 cm³/mol. The Hall–Kier alpha value is -1.53. The van der Waals surface area contributed by atoms with Crippen molar-refractivity contribution >= 4 is 11.8 Å². The van der Waals surface area contributed by atoms with Gasteiger partial charge in [0.25, 0.3) is 0 Å². The molecule has 1 aromatic heterocycles. The van der Waals surface area contributed by atoms with Gasteiger partial charge in [-0.25, -0.2) is 9.89 Å². The molecule has 2 rings (SSSR count). The maximum atomic E-state index is 11.5. The molecule has 1 atom stereocenters. The molecule has 102 valence electrons. The van der Waals surface area contributed by atoms with E-state index in [1.54, 1.807) is 4.57 Å². The van der Waals surface area contributed by atoms with Crippen molar-refractivity contribution in [2.75, 3.05) is 6.54 Å².